The lowest BCUT2D eigenvalue weighted by Gasteiger charge is -2.17. The Morgan fingerprint density at radius 3 is 1.86 bits per heavy atom. The molecule has 0 saturated carbocycles. The quantitative estimate of drug-likeness (QED) is 0.0910. The van der Waals surface area contributed by atoms with Crippen LogP contribution >= 0.6 is 7.82 Å². The van der Waals surface area contributed by atoms with Crippen molar-refractivity contribution >= 4 is 19.8 Å². The Morgan fingerprint density at radius 2 is 1.37 bits per heavy atom. The molecule has 200 valence electrons. The molecule has 10 heteroatoms. The van der Waals surface area contributed by atoms with Gasteiger partial charge < -0.3 is 24.4 Å². The van der Waals surface area contributed by atoms with E-state index in [0.29, 0.717) is 12.8 Å². The molecule has 0 aliphatic carbocycles. The highest BCUT2D eigenvalue weighted by atomic mass is 31.2. The monoisotopic (exact) mass is 516 g/mol. The summed E-state index contributed by atoms with van der Waals surface area (Å²) >= 11 is 0. The third-order valence-corrected chi connectivity index (χ3v) is 4.91. The van der Waals surface area contributed by atoms with Crippen molar-refractivity contribution in [3.05, 3.63) is 48.6 Å². The zero-order chi connectivity index (χ0) is 26.4. The second-order valence-electron chi connectivity index (χ2n) is 7.97. The third-order valence-electron chi connectivity index (χ3n) is 4.43. The predicted molar refractivity (Wildman–Crippen MR) is 134 cm³/mol. The number of allylic oxidation sites excluding steroid dienone is 8. The first-order valence-corrected chi connectivity index (χ1v) is 13.4. The van der Waals surface area contributed by atoms with Crippen LogP contribution in [0.3, 0.4) is 0 Å². The molecule has 0 spiro atoms. The van der Waals surface area contributed by atoms with Crippen molar-refractivity contribution in [2.45, 2.75) is 83.8 Å². The summed E-state index contributed by atoms with van der Waals surface area (Å²) in [4.78, 5) is 40.4. The Balaban J connectivity index is 3.93. The minimum absolute atomic E-state index is 0.118. The van der Waals surface area contributed by atoms with Crippen LogP contribution in [0.2, 0.25) is 0 Å². The molecule has 0 aliphatic heterocycles. The summed E-state index contributed by atoms with van der Waals surface area (Å²) in [5.74, 6) is -1.17. The number of rotatable bonds is 20. The maximum Gasteiger partial charge on any atom is 0.469 e. The molecule has 0 radical (unpaired) electrons. The number of phosphoric acid groups is 1. The summed E-state index contributed by atoms with van der Waals surface area (Å²) in [5.41, 5.74) is 0. The van der Waals surface area contributed by atoms with Gasteiger partial charge in [-0.2, -0.15) is 0 Å². The van der Waals surface area contributed by atoms with E-state index >= 15 is 0 Å². The van der Waals surface area contributed by atoms with Gasteiger partial charge in [-0.1, -0.05) is 48.6 Å². The lowest BCUT2D eigenvalue weighted by atomic mass is 10.1. The van der Waals surface area contributed by atoms with Gasteiger partial charge in [-0.05, 0) is 58.3 Å². The fraction of sp³-hybridized carbons (Fsp3) is 0.600. The van der Waals surface area contributed by atoms with E-state index in [2.05, 4.69) is 41.0 Å². The second-order valence-corrected chi connectivity index (χ2v) is 9.21. The van der Waals surface area contributed by atoms with Crippen LogP contribution in [-0.2, 0) is 28.2 Å². The molecule has 2 atom stereocenters. The van der Waals surface area contributed by atoms with Crippen LogP contribution in [0.1, 0.15) is 71.6 Å². The molecule has 0 aliphatic rings. The highest BCUT2D eigenvalue weighted by Gasteiger charge is 2.22. The summed E-state index contributed by atoms with van der Waals surface area (Å²) in [6, 6.07) is 0. The molecule has 35 heavy (non-hydrogen) atoms. The van der Waals surface area contributed by atoms with E-state index in [9.17, 15) is 19.3 Å². The van der Waals surface area contributed by atoms with Crippen molar-refractivity contribution in [1.82, 2.24) is 0 Å². The van der Waals surface area contributed by atoms with Gasteiger partial charge in [0, 0.05) is 13.3 Å². The fourth-order valence-corrected chi connectivity index (χ4v) is 3.06. The van der Waals surface area contributed by atoms with Gasteiger partial charge in [0.1, 0.15) is 6.61 Å². The van der Waals surface area contributed by atoms with E-state index in [4.69, 9.17) is 19.3 Å². The number of hydrogen-bond donors (Lipinski definition) is 3. The number of ether oxygens (including phenoxy) is 2. The van der Waals surface area contributed by atoms with Crippen molar-refractivity contribution in [3.63, 3.8) is 0 Å². The van der Waals surface area contributed by atoms with E-state index in [1.165, 1.54) is 6.92 Å². The number of carbonyl (C=O) groups is 2. The number of aliphatic hydroxyl groups excluding tert-OH is 1. The fourth-order valence-electron chi connectivity index (χ4n) is 2.70. The highest BCUT2D eigenvalue weighted by Crippen LogP contribution is 2.35. The van der Waals surface area contributed by atoms with E-state index in [-0.39, 0.29) is 19.1 Å². The number of esters is 2. The number of phosphoric ester groups is 1. The first-order chi connectivity index (χ1) is 16.6. The second kappa shape index (κ2) is 21.3. The molecule has 0 aromatic carbocycles. The smallest absolute Gasteiger partial charge is 0.462 e. The van der Waals surface area contributed by atoms with Gasteiger partial charge >= 0.3 is 19.8 Å². The summed E-state index contributed by atoms with van der Waals surface area (Å²) in [7, 11) is -4.73. The van der Waals surface area contributed by atoms with Gasteiger partial charge in [-0.15, -0.1) is 0 Å². The van der Waals surface area contributed by atoms with E-state index in [0.717, 1.165) is 38.5 Å². The molecule has 0 saturated heterocycles. The van der Waals surface area contributed by atoms with Crippen molar-refractivity contribution in [1.29, 1.82) is 0 Å². The van der Waals surface area contributed by atoms with Gasteiger partial charge in [-0.3, -0.25) is 14.1 Å². The number of unbranched alkanes of at least 4 members (excludes halogenated alkanes) is 2. The van der Waals surface area contributed by atoms with E-state index in [1.54, 1.807) is 0 Å². The zero-order valence-corrected chi connectivity index (χ0v) is 21.7. The number of aliphatic hydroxyl groups is 1. The van der Waals surface area contributed by atoms with Crippen LogP contribution in [0.4, 0.5) is 0 Å². The molecule has 0 rings (SSSR count). The molecule has 0 amide bonds. The molecule has 0 unspecified atom stereocenters. The summed E-state index contributed by atoms with van der Waals surface area (Å²) < 4.78 is 25.0. The molecular weight excluding hydrogens is 475 g/mol. The molecule has 3 N–H and O–H groups in total. The van der Waals surface area contributed by atoms with Gasteiger partial charge in [-0.25, -0.2) is 4.57 Å². The maximum atomic E-state index is 11.9. The number of carbonyl (C=O) groups excluding carboxylic acids is 2. The lowest BCUT2D eigenvalue weighted by molar-refractivity contribution is -0.160. The summed E-state index contributed by atoms with van der Waals surface area (Å²) in [5, 5.41) is 9.18. The van der Waals surface area contributed by atoms with Crippen LogP contribution in [-0.4, -0.2) is 52.3 Å². The standard InChI is InChI=1S/C25H41O9P/c1-22(26)18-16-14-12-10-8-6-4-3-5-7-9-11-13-15-17-19-25(28)34-24(20-32-23(2)27)21-33-35(29,30)31/h4-7,10-13,22,24,26H,3,8-9,14-21H2,1-2H3,(H2,29,30,31)/b6-4-,7-5-,12-10-,13-11-/t22-,24+/m0/s1. The van der Waals surface area contributed by atoms with Crippen molar-refractivity contribution < 1.29 is 43.0 Å². The van der Waals surface area contributed by atoms with Gasteiger partial charge in [0.2, 0.25) is 0 Å². The molecular formula is C25H41O9P. The molecule has 9 nitrogen and oxygen atoms in total. The normalized spacial score (nSPS) is 14.3. The first-order valence-electron chi connectivity index (χ1n) is 11.9. The Hall–Kier alpha value is -2.03. The molecule has 0 fully saturated rings. The van der Waals surface area contributed by atoms with Crippen LogP contribution in [0, 0.1) is 0 Å². The van der Waals surface area contributed by atoms with Crippen molar-refractivity contribution in [2.24, 2.45) is 0 Å². The average Bonchev–Trinajstić information content (AvgIpc) is 2.76. The Kier molecular flexibility index (Phi) is 20.0. The predicted octanol–water partition coefficient (Wildman–Crippen LogP) is 4.69. The summed E-state index contributed by atoms with van der Waals surface area (Å²) in [6.07, 6.45) is 22.1. The van der Waals surface area contributed by atoms with Crippen LogP contribution in [0.25, 0.3) is 0 Å². The Bertz CT molecular complexity index is 735. The van der Waals surface area contributed by atoms with Crippen LogP contribution in [0.5, 0.6) is 0 Å². The van der Waals surface area contributed by atoms with Gasteiger partial charge in [0.05, 0.1) is 12.7 Å². The Morgan fingerprint density at radius 1 is 0.857 bits per heavy atom. The lowest BCUT2D eigenvalue weighted by Crippen LogP contribution is -2.29. The summed E-state index contributed by atoms with van der Waals surface area (Å²) in [6.45, 7) is 2.06. The minimum Gasteiger partial charge on any atom is -0.462 e. The van der Waals surface area contributed by atoms with Crippen LogP contribution < -0.4 is 0 Å². The highest BCUT2D eigenvalue weighted by molar-refractivity contribution is 7.46. The zero-order valence-electron chi connectivity index (χ0n) is 20.8. The molecule has 0 aromatic heterocycles. The first kappa shape index (κ1) is 33.0. The van der Waals surface area contributed by atoms with Gasteiger partial charge in [0.25, 0.3) is 0 Å². The van der Waals surface area contributed by atoms with Crippen molar-refractivity contribution in [2.75, 3.05) is 13.2 Å². The van der Waals surface area contributed by atoms with Gasteiger partial charge in [0.15, 0.2) is 6.10 Å². The third kappa shape index (κ3) is 26.4. The topological polar surface area (TPSA) is 140 Å². The van der Waals surface area contributed by atoms with Crippen molar-refractivity contribution in [3.8, 4) is 0 Å². The van der Waals surface area contributed by atoms with Crippen LogP contribution in [0.15, 0.2) is 48.6 Å². The molecule has 0 bridgehead atoms. The molecule has 0 aromatic rings. The minimum atomic E-state index is -4.73. The van der Waals surface area contributed by atoms with E-state index < -0.39 is 32.5 Å². The SMILES string of the molecule is CC(=O)OC[C@H](COP(=O)(O)O)OC(=O)CCC/C=C\C/C=C\C/C=C\C/C=C\CCC[C@H](C)O. The largest absolute Gasteiger partial charge is 0.469 e. The molecule has 0 heterocycles. The Labute approximate surface area is 208 Å². The van der Waals surface area contributed by atoms with E-state index in [1.807, 2.05) is 19.1 Å². The average molecular weight is 517 g/mol. The maximum absolute atomic E-state index is 11.9. The number of hydrogen-bond acceptors (Lipinski definition) is 7.